The van der Waals surface area contributed by atoms with Crippen molar-refractivity contribution < 1.29 is 13.5 Å². The maximum absolute atomic E-state index is 13.5. The van der Waals surface area contributed by atoms with Crippen LogP contribution in [0.1, 0.15) is 11.1 Å². The van der Waals surface area contributed by atoms with E-state index in [9.17, 15) is 8.78 Å². The van der Waals surface area contributed by atoms with Crippen LogP contribution in [0.3, 0.4) is 0 Å². The largest absolute Gasteiger partial charge is 0.494 e. The van der Waals surface area contributed by atoms with Crippen LogP contribution in [0, 0.1) is 11.6 Å². The van der Waals surface area contributed by atoms with Gasteiger partial charge in [-0.2, -0.15) is 0 Å². The molecule has 5 heteroatoms. The molecule has 0 heterocycles. The maximum Gasteiger partial charge on any atom is 0.165 e. The predicted octanol–water partition coefficient (Wildman–Crippen LogP) is 4.03. The van der Waals surface area contributed by atoms with Gasteiger partial charge in [0.25, 0.3) is 0 Å². The molecule has 1 N–H and O–H groups in total. The third-order valence-corrected chi connectivity index (χ3v) is 3.64. The standard InChI is InChI=1S/C15H14BrF2NO/c1-20-15-5-2-10(6-14(15)18)8-19-9-11-7-12(17)3-4-13(11)16/h2-7,19H,8-9H2,1H3. The molecule has 2 nitrogen and oxygen atoms in total. The molecule has 0 aliphatic heterocycles. The predicted molar refractivity (Wildman–Crippen MR) is 77.6 cm³/mol. The average Bonchev–Trinajstić information content (AvgIpc) is 2.43. The van der Waals surface area contributed by atoms with Gasteiger partial charge in [-0.05, 0) is 41.5 Å². The monoisotopic (exact) mass is 341 g/mol. The van der Waals surface area contributed by atoms with Crippen LogP contribution in [0.15, 0.2) is 40.9 Å². The number of hydrogen-bond donors (Lipinski definition) is 1. The summed E-state index contributed by atoms with van der Waals surface area (Å²) in [5.74, 6) is -0.444. The van der Waals surface area contributed by atoms with E-state index in [1.807, 2.05) is 0 Å². The zero-order chi connectivity index (χ0) is 14.5. The van der Waals surface area contributed by atoms with Gasteiger partial charge >= 0.3 is 0 Å². The summed E-state index contributed by atoms with van der Waals surface area (Å²) >= 11 is 3.36. The van der Waals surface area contributed by atoms with Gasteiger partial charge in [-0.25, -0.2) is 8.78 Å². The second kappa shape index (κ2) is 6.81. The Morgan fingerprint density at radius 2 is 1.90 bits per heavy atom. The summed E-state index contributed by atoms with van der Waals surface area (Å²) in [6.07, 6.45) is 0. The summed E-state index contributed by atoms with van der Waals surface area (Å²) < 4.78 is 32.3. The van der Waals surface area contributed by atoms with Crippen LogP contribution in [0.5, 0.6) is 5.75 Å². The minimum atomic E-state index is -0.390. The lowest BCUT2D eigenvalue weighted by atomic mass is 10.2. The Morgan fingerprint density at radius 3 is 2.60 bits per heavy atom. The van der Waals surface area contributed by atoms with Crippen molar-refractivity contribution in [3.8, 4) is 5.75 Å². The van der Waals surface area contributed by atoms with Gasteiger partial charge in [-0.1, -0.05) is 22.0 Å². The van der Waals surface area contributed by atoms with E-state index in [-0.39, 0.29) is 11.6 Å². The van der Waals surface area contributed by atoms with Gasteiger partial charge in [0.1, 0.15) is 5.82 Å². The van der Waals surface area contributed by atoms with Crippen LogP contribution < -0.4 is 10.1 Å². The summed E-state index contributed by atoms with van der Waals surface area (Å²) in [5.41, 5.74) is 1.62. The first kappa shape index (κ1) is 14.9. The molecule has 0 amide bonds. The fourth-order valence-electron chi connectivity index (χ4n) is 1.84. The molecule has 0 fully saturated rings. The van der Waals surface area contributed by atoms with E-state index in [4.69, 9.17) is 4.74 Å². The molecule has 0 spiro atoms. The molecule has 2 rings (SSSR count). The Kier molecular flexibility index (Phi) is 5.09. The summed E-state index contributed by atoms with van der Waals surface area (Å²) in [6, 6.07) is 9.32. The van der Waals surface area contributed by atoms with Gasteiger partial charge < -0.3 is 10.1 Å². The third kappa shape index (κ3) is 3.77. The quantitative estimate of drug-likeness (QED) is 0.886. The van der Waals surface area contributed by atoms with Crippen molar-refractivity contribution in [1.82, 2.24) is 5.32 Å². The molecule has 0 atom stereocenters. The Labute approximate surface area is 124 Å². The highest BCUT2D eigenvalue weighted by molar-refractivity contribution is 9.10. The zero-order valence-electron chi connectivity index (χ0n) is 10.9. The number of hydrogen-bond acceptors (Lipinski definition) is 2. The van der Waals surface area contributed by atoms with Crippen LogP contribution >= 0.6 is 15.9 Å². The smallest absolute Gasteiger partial charge is 0.165 e. The lowest BCUT2D eigenvalue weighted by molar-refractivity contribution is 0.386. The molecule has 2 aromatic carbocycles. The number of benzene rings is 2. The molecule has 0 aromatic heterocycles. The van der Waals surface area contributed by atoms with Crippen molar-refractivity contribution in [3.05, 3.63) is 63.6 Å². The Hall–Kier alpha value is -1.46. The van der Waals surface area contributed by atoms with Crippen molar-refractivity contribution in [2.24, 2.45) is 0 Å². The number of methoxy groups -OCH3 is 1. The second-order valence-electron chi connectivity index (χ2n) is 4.31. The van der Waals surface area contributed by atoms with E-state index in [1.165, 1.54) is 25.3 Å². The lowest BCUT2D eigenvalue weighted by Gasteiger charge is -2.08. The summed E-state index contributed by atoms with van der Waals surface area (Å²) in [5, 5.41) is 3.15. The van der Waals surface area contributed by atoms with E-state index >= 15 is 0 Å². The van der Waals surface area contributed by atoms with Crippen LogP contribution in [0.25, 0.3) is 0 Å². The Bertz CT molecular complexity index is 604. The van der Waals surface area contributed by atoms with Gasteiger partial charge in [0.05, 0.1) is 7.11 Å². The van der Waals surface area contributed by atoms with E-state index in [0.717, 1.165) is 15.6 Å². The van der Waals surface area contributed by atoms with Gasteiger partial charge in [0, 0.05) is 17.6 Å². The van der Waals surface area contributed by atoms with E-state index in [1.54, 1.807) is 18.2 Å². The van der Waals surface area contributed by atoms with Crippen molar-refractivity contribution in [2.45, 2.75) is 13.1 Å². The normalized spacial score (nSPS) is 10.6. The first-order valence-corrected chi connectivity index (χ1v) is 6.86. The Balaban J connectivity index is 1.96. The van der Waals surface area contributed by atoms with Crippen LogP contribution in [-0.4, -0.2) is 7.11 Å². The first-order chi connectivity index (χ1) is 9.60. The van der Waals surface area contributed by atoms with Crippen molar-refractivity contribution in [2.75, 3.05) is 7.11 Å². The molecule has 0 saturated heterocycles. The molecule has 0 saturated carbocycles. The third-order valence-electron chi connectivity index (χ3n) is 2.87. The van der Waals surface area contributed by atoms with Crippen LogP contribution in [0.4, 0.5) is 8.78 Å². The maximum atomic E-state index is 13.5. The summed E-state index contributed by atoms with van der Waals surface area (Å²) in [6.45, 7) is 0.982. The van der Waals surface area contributed by atoms with Gasteiger partial charge in [-0.15, -0.1) is 0 Å². The van der Waals surface area contributed by atoms with E-state index < -0.39 is 5.82 Å². The highest BCUT2D eigenvalue weighted by Crippen LogP contribution is 2.19. The van der Waals surface area contributed by atoms with E-state index in [0.29, 0.717) is 13.1 Å². The Morgan fingerprint density at radius 1 is 1.10 bits per heavy atom. The summed E-state index contributed by atoms with van der Waals surface area (Å²) in [7, 11) is 1.43. The molecule has 0 radical (unpaired) electrons. The molecule has 0 unspecified atom stereocenters. The van der Waals surface area contributed by atoms with Crippen LogP contribution in [0.2, 0.25) is 0 Å². The van der Waals surface area contributed by atoms with E-state index in [2.05, 4.69) is 21.2 Å². The second-order valence-corrected chi connectivity index (χ2v) is 5.16. The SMILES string of the molecule is COc1ccc(CNCc2cc(F)ccc2Br)cc1F. The van der Waals surface area contributed by atoms with Crippen molar-refractivity contribution >= 4 is 15.9 Å². The van der Waals surface area contributed by atoms with Crippen molar-refractivity contribution in [1.29, 1.82) is 0 Å². The van der Waals surface area contributed by atoms with Gasteiger partial charge in [0.2, 0.25) is 0 Å². The fraction of sp³-hybridized carbons (Fsp3) is 0.200. The molecule has 0 bridgehead atoms. The topological polar surface area (TPSA) is 21.3 Å². The molecular formula is C15H14BrF2NO. The van der Waals surface area contributed by atoms with Gasteiger partial charge in [-0.3, -0.25) is 0 Å². The number of nitrogens with one attached hydrogen (secondary N) is 1. The minimum absolute atomic E-state index is 0.224. The minimum Gasteiger partial charge on any atom is -0.494 e. The fourth-order valence-corrected chi connectivity index (χ4v) is 2.23. The molecule has 2 aromatic rings. The zero-order valence-corrected chi connectivity index (χ0v) is 12.5. The summed E-state index contributed by atoms with van der Waals surface area (Å²) in [4.78, 5) is 0. The highest BCUT2D eigenvalue weighted by atomic mass is 79.9. The lowest BCUT2D eigenvalue weighted by Crippen LogP contribution is -2.13. The first-order valence-electron chi connectivity index (χ1n) is 6.07. The molecular weight excluding hydrogens is 328 g/mol. The molecule has 20 heavy (non-hydrogen) atoms. The average molecular weight is 342 g/mol. The number of halogens is 3. The molecule has 0 aliphatic rings. The number of rotatable bonds is 5. The molecule has 106 valence electrons. The highest BCUT2D eigenvalue weighted by Gasteiger charge is 2.04. The van der Waals surface area contributed by atoms with Gasteiger partial charge in [0.15, 0.2) is 11.6 Å². The number of ether oxygens (including phenoxy) is 1. The molecule has 0 aliphatic carbocycles. The van der Waals surface area contributed by atoms with Crippen molar-refractivity contribution in [3.63, 3.8) is 0 Å². The van der Waals surface area contributed by atoms with Crippen LogP contribution in [-0.2, 0) is 13.1 Å².